The maximum Gasteiger partial charge on any atom is 0.126 e. The first-order chi connectivity index (χ1) is 8.40. The molecule has 0 amide bonds. The van der Waals surface area contributed by atoms with Crippen molar-refractivity contribution in [3.05, 3.63) is 59.2 Å². The molecule has 5 heteroatoms. The lowest BCUT2D eigenvalue weighted by Crippen LogP contribution is -2.12. The van der Waals surface area contributed by atoms with Crippen LogP contribution in [-0.2, 0) is 0 Å². The van der Waals surface area contributed by atoms with Crippen molar-refractivity contribution in [2.24, 2.45) is 10.7 Å². The Morgan fingerprint density at radius 2 is 1.89 bits per heavy atom. The topological polar surface area (TPSA) is 38.4 Å². The van der Waals surface area contributed by atoms with Crippen LogP contribution < -0.4 is 5.73 Å². The molecular formula is C13H15BrF2N2. The van der Waals surface area contributed by atoms with Gasteiger partial charge in [0.2, 0.25) is 0 Å². The summed E-state index contributed by atoms with van der Waals surface area (Å²) in [6.07, 6.45) is 1.44. The van der Waals surface area contributed by atoms with E-state index in [9.17, 15) is 8.78 Å². The maximum absolute atomic E-state index is 12.2. The largest absolute Gasteiger partial charge is 0.325 e. The number of aliphatic imine (C=N–C) groups is 1. The molecule has 2 nitrogen and oxygen atoms in total. The number of nitrogens with zero attached hydrogens (tertiary/aromatic N) is 1. The SMILES string of the molecule is C=CN=C(CN)C(=C)Br.Cc1cc(F)cc(F)c1. The van der Waals surface area contributed by atoms with Crippen molar-refractivity contribution in [2.45, 2.75) is 6.92 Å². The van der Waals surface area contributed by atoms with Crippen LogP contribution in [0.15, 0.2) is 47.0 Å². The van der Waals surface area contributed by atoms with E-state index in [2.05, 4.69) is 34.1 Å². The maximum atomic E-state index is 12.2. The lowest BCUT2D eigenvalue weighted by molar-refractivity contribution is 0.581. The molecule has 0 radical (unpaired) electrons. The van der Waals surface area contributed by atoms with Gasteiger partial charge in [0.25, 0.3) is 0 Å². The lowest BCUT2D eigenvalue weighted by Gasteiger charge is -1.95. The van der Waals surface area contributed by atoms with Crippen LogP contribution in [0.5, 0.6) is 0 Å². The summed E-state index contributed by atoms with van der Waals surface area (Å²) >= 11 is 3.15. The summed E-state index contributed by atoms with van der Waals surface area (Å²) in [5.41, 5.74) is 6.62. The number of rotatable bonds is 3. The number of benzene rings is 1. The van der Waals surface area contributed by atoms with Gasteiger partial charge in [0.15, 0.2) is 0 Å². The summed E-state index contributed by atoms with van der Waals surface area (Å²) in [5, 5.41) is 0. The Hall–Kier alpha value is -1.33. The molecule has 0 bridgehead atoms. The molecular weight excluding hydrogens is 302 g/mol. The van der Waals surface area contributed by atoms with E-state index < -0.39 is 11.6 Å². The summed E-state index contributed by atoms with van der Waals surface area (Å²) in [7, 11) is 0. The normalized spacial score (nSPS) is 10.4. The first-order valence-corrected chi connectivity index (χ1v) is 5.85. The number of hydrogen-bond donors (Lipinski definition) is 1. The number of nitrogens with two attached hydrogens (primary N) is 1. The Bertz CT molecular complexity index is 406. The van der Waals surface area contributed by atoms with Gasteiger partial charge >= 0.3 is 0 Å². The molecule has 0 spiro atoms. The number of aryl methyl sites for hydroxylation is 1. The highest BCUT2D eigenvalue weighted by atomic mass is 79.9. The molecule has 0 aliphatic rings. The monoisotopic (exact) mass is 316 g/mol. The van der Waals surface area contributed by atoms with Crippen molar-refractivity contribution in [3.8, 4) is 0 Å². The van der Waals surface area contributed by atoms with E-state index in [1.54, 1.807) is 6.92 Å². The third-order valence-electron chi connectivity index (χ3n) is 1.76. The molecule has 1 rings (SSSR count). The van der Waals surface area contributed by atoms with Crippen LogP contribution in [0.4, 0.5) is 8.78 Å². The van der Waals surface area contributed by atoms with Gasteiger partial charge in [0.1, 0.15) is 11.6 Å². The van der Waals surface area contributed by atoms with Gasteiger partial charge in [0, 0.05) is 23.3 Å². The fourth-order valence-corrected chi connectivity index (χ4v) is 1.30. The van der Waals surface area contributed by atoms with Crippen molar-refractivity contribution in [1.29, 1.82) is 0 Å². The Morgan fingerprint density at radius 3 is 2.11 bits per heavy atom. The van der Waals surface area contributed by atoms with Crippen LogP contribution in [0.3, 0.4) is 0 Å². The summed E-state index contributed by atoms with van der Waals surface area (Å²) in [6.45, 7) is 9.06. The van der Waals surface area contributed by atoms with E-state index in [1.807, 2.05) is 0 Å². The van der Waals surface area contributed by atoms with Crippen molar-refractivity contribution in [2.75, 3.05) is 6.54 Å². The van der Waals surface area contributed by atoms with E-state index in [-0.39, 0.29) is 0 Å². The third-order valence-corrected chi connectivity index (χ3v) is 2.22. The van der Waals surface area contributed by atoms with Crippen LogP contribution in [0.25, 0.3) is 0 Å². The highest BCUT2D eigenvalue weighted by Crippen LogP contribution is 2.05. The van der Waals surface area contributed by atoms with E-state index in [1.165, 1.54) is 18.3 Å². The molecule has 2 N–H and O–H groups in total. The predicted molar refractivity (Wildman–Crippen MR) is 75.8 cm³/mol. The number of hydrogen-bond acceptors (Lipinski definition) is 2. The van der Waals surface area contributed by atoms with Crippen molar-refractivity contribution >= 4 is 21.6 Å². The van der Waals surface area contributed by atoms with Gasteiger partial charge in [0.05, 0.1) is 5.71 Å². The van der Waals surface area contributed by atoms with E-state index in [0.29, 0.717) is 16.6 Å². The van der Waals surface area contributed by atoms with Gasteiger partial charge in [-0.05, 0) is 40.5 Å². The standard InChI is InChI=1S/C7H6F2.C6H9BrN2/c1-5-2-6(8)4-7(9)3-5;1-3-9-6(4-8)5(2)7/h2-4H,1H3;3H,1-2,4,8H2. The van der Waals surface area contributed by atoms with Crippen molar-refractivity contribution in [3.63, 3.8) is 0 Å². The smallest absolute Gasteiger partial charge is 0.126 e. The zero-order chi connectivity index (χ0) is 14.1. The molecule has 18 heavy (non-hydrogen) atoms. The third kappa shape index (κ3) is 7.09. The summed E-state index contributed by atoms with van der Waals surface area (Å²) in [5.74, 6) is -1.04. The molecule has 98 valence electrons. The minimum atomic E-state index is -0.521. The zero-order valence-corrected chi connectivity index (χ0v) is 11.7. The van der Waals surface area contributed by atoms with Gasteiger partial charge in [-0.1, -0.05) is 13.2 Å². The van der Waals surface area contributed by atoms with E-state index >= 15 is 0 Å². The predicted octanol–water partition coefficient (Wildman–Crippen LogP) is 3.71. The first-order valence-electron chi connectivity index (χ1n) is 5.05. The molecule has 0 unspecified atom stereocenters. The zero-order valence-electron chi connectivity index (χ0n) is 10.1. The Kier molecular flexibility index (Phi) is 8.07. The van der Waals surface area contributed by atoms with Crippen molar-refractivity contribution in [1.82, 2.24) is 0 Å². The minimum absolute atomic E-state index is 0.385. The van der Waals surface area contributed by atoms with Crippen LogP contribution in [-0.4, -0.2) is 12.3 Å². The molecule has 0 saturated carbocycles. The van der Waals surface area contributed by atoms with Gasteiger partial charge in [-0.2, -0.15) is 0 Å². The Morgan fingerprint density at radius 1 is 1.39 bits per heavy atom. The molecule has 1 aromatic carbocycles. The fourth-order valence-electron chi connectivity index (χ4n) is 1.04. The summed E-state index contributed by atoms with van der Waals surface area (Å²) in [4.78, 5) is 3.85. The summed E-state index contributed by atoms with van der Waals surface area (Å²) < 4.78 is 25.1. The lowest BCUT2D eigenvalue weighted by atomic mass is 10.2. The summed E-state index contributed by atoms with van der Waals surface area (Å²) in [6, 6.07) is 3.42. The van der Waals surface area contributed by atoms with E-state index in [0.717, 1.165) is 11.8 Å². The van der Waals surface area contributed by atoms with Crippen LogP contribution >= 0.6 is 15.9 Å². The highest BCUT2D eigenvalue weighted by Gasteiger charge is 1.94. The van der Waals surface area contributed by atoms with Gasteiger partial charge < -0.3 is 5.73 Å². The minimum Gasteiger partial charge on any atom is -0.325 e. The molecule has 0 heterocycles. The molecule has 1 aromatic rings. The quantitative estimate of drug-likeness (QED) is 0.848. The molecule has 0 atom stereocenters. The second-order valence-electron chi connectivity index (χ2n) is 3.31. The number of halogens is 3. The fraction of sp³-hybridized carbons (Fsp3) is 0.154. The average molecular weight is 317 g/mol. The highest BCUT2D eigenvalue weighted by molar-refractivity contribution is 9.12. The first kappa shape index (κ1) is 16.7. The van der Waals surface area contributed by atoms with Gasteiger partial charge in [-0.15, -0.1) is 0 Å². The molecule has 0 aromatic heterocycles. The molecule has 0 saturated heterocycles. The van der Waals surface area contributed by atoms with Crippen molar-refractivity contribution < 1.29 is 8.78 Å². The average Bonchev–Trinajstić information content (AvgIpc) is 2.24. The Balaban J connectivity index is 0.000000321. The van der Waals surface area contributed by atoms with Crippen LogP contribution in [0.2, 0.25) is 0 Å². The molecule has 0 fully saturated rings. The second kappa shape index (κ2) is 8.72. The van der Waals surface area contributed by atoms with Gasteiger partial charge in [-0.25, -0.2) is 8.78 Å². The van der Waals surface area contributed by atoms with E-state index in [4.69, 9.17) is 5.73 Å². The molecule has 0 aliphatic heterocycles. The van der Waals surface area contributed by atoms with Crippen LogP contribution in [0.1, 0.15) is 5.56 Å². The van der Waals surface area contributed by atoms with Crippen LogP contribution in [0, 0.1) is 18.6 Å². The second-order valence-corrected chi connectivity index (χ2v) is 4.27. The Labute approximate surface area is 114 Å². The molecule has 0 aliphatic carbocycles. The van der Waals surface area contributed by atoms with Gasteiger partial charge in [-0.3, -0.25) is 4.99 Å².